The van der Waals surface area contributed by atoms with Gasteiger partial charge in [0, 0.05) is 24.3 Å². The fourth-order valence-electron chi connectivity index (χ4n) is 2.73. The number of nitrogens with two attached hydrogens (primary N) is 1. The predicted molar refractivity (Wildman–Crippen MR) is 108 cm³/mol. The van der Waals surface area contributed by atoms with Crippen LogP contribution in [0, 0.1) is 0 Å². The molecule has 0 atom stereocenters. The van der Waals surface area contributed by atoms with Gasteiger partial charge in [0.05, 0.1) is 7.11 Å². The standard InChI is InChI=1S/C21H29N3O3/c1-4-24(5-2)11-12-27-19-10-9-16(13-20(19)26-3)15-23-21(25)17-7-6-8-18(22)14-17/h6-10,13-14H,4-5,11-12,15,22H2,1-3H3,(H,23,25). The van der Waals surface area contributed by atoms with Crippen molar-refractivity contribution in [2.45, 2.75) is 20.4 Å². The topological polar surface area (TPSA) is 76.8 Å². The quantitative estimate of drug-likeness (QED) is 0.628. The fourth-order valence-corrected chi connectivity index (χ4v) is 2.73. The summed E-state index contributed by atoms with van der Waals surface area (Å²) in [4.78, 5) is 14.5. The Morgan fingerprint density at radius 2 is 1.89 bits per heavy atom. The van der Waals surface area contributed by atoms with Crippen molar-refractivity contribution in [2.24, 2.45) is 0 Å². The van der Waals surface area contributed by atoms with E-state index in [0.29, 0.717) is 35.9 Å². The lowest BCUT2D eigenvalue weighted by Gasteiger charge is -2.19. The first kappa shape index (κ1) is 20.6. The van der Waals surface area contributed by atoms with E-state index in [1.807, 2.05) is 18.2 Å². The molecule has 3 N–H and O–H groups in total. The van der Waals surface area contributed by atoms with Gasteiger partial charge in [-0.1, -0.05) is 26.0 Å². The molecule has 0 radical (unpaired) electrons. The number of hydrogen-bond donors (Lipinski definition) is 2. The highest BCUT2D eigenvalue weighted by Crippen LogP contribution is 2.28. The zero-order chi connectivity index (χ0) is 19.6. The molecule has 0 fully saturated rings. The Hall–Kier alpha value is -2.73. The van der Waals surface area contributed by atoms with Crippen LogP contribution < -0.4 is 20.5 Å². The lowest BCUT2D eigenvalue weighted by Crippen LogP contribution is -2.28. The van der Waals surface area contributed by atoms with Crippen LogP contribution in [0.1, 0.15) is 29.8 Å². The number of ether oxygens (including phenoxy) is 2. The van der Waals surface area contributed by atoms with Crippen LogP contribution in [0.25, 0.3) is 0 Å². The van der Waals surface area contributed by atoms with Gasteiger partial charge in [-0.2, -0.15) is 0 Å². The lowest BCUT2D eigenvalue weighted by molar-refractivity contribution is 0.0951. The van der Waals surface area contributed by atoms with Crippen molar-refractivity contribution < 1.29 is 14.3 Å². The van der Waals surface area contributed by atoms with Crippen LogP contribution in [0.2, 0.25) is 0 Å². The Bertz CT molecular complexity index is 745. The summed E-state index contributed by atoms with van der Waals surface area (Å²) < 4.78 is 11.3. The van der Waals surface area contributed by atoms with Gasteiger partial charge in [-0.25, -0.2) is 0 Å². The normalized spacial score (nSPS) is 10.7. The monoisotopic (exact) mass is 371 g/mol. The minimum absolute atomic E-state index is 0.166. The summed E-state index contributed by atoms with van der Waals surface area (Å²) >= 11 is 0. The molecule has 0 saturated heterocycles. The van der Waals surface area contributed by atoms with Crippen LogP contribution in [0.5, 0.6) is 11.5 Å². The second kappa shape index (κ2) is 10.4. The molecule has 6 nitrogen and oxygen atoms in total. The van der Waals surface area contributed by atoms with Crippen molar-refractivity contribution in [1.82, 2.24) is 10.2 Å². The minimum atomic E-state index is -0.166. The van der Waals surface area contributed by atoms with Crippen LogP contribution in [-0.4, -0.2) is 44.2 Å². The molecule has 0 unspecified atom stereocenters. The van der Waals surface area contributed by atoms with Crippen LogP contribution in [0.4, 0.5) is 5.69 Å². The summed E-state index contributed by atoms with van der Waals surface area (Å²) in [7, 11) is 1.61. The summed E-state index contributed by atoms with van der Waals surface area (Å²) in [6.45, 7) is 8.14. The van der Waals surface area contributed by atoms with E-state index in [1.54, 1.807) is 31.4 Å². The van der Waals surface area contributed by atoms with Crippen LogP contribution in [0.3, 0.4) is 0 Å². The molecular weight excluding hydrogens is 342 g/mol. The number of likely N-dealkylation sites (N-methyl/N-ethyl adjacent to an activating group) is 1. The maximum Gasteiger partial charge on any atom is 0.251 e. The first-order valence-electron chi connectivity index (χ1n) is 9.23. The Balaban J connectivity index is 1.93. The number of nitrogens with one attached hydrogen (secondary N) is 1. The van der Waals surface area contributed by atoms with Gasteiger partial charge in [-0.05, 0) is 49.0 Å². The maximum atomic E-state index is 12.2. The Kier molecular flexibility index (Phi) is 7.95. The van der Waals surface area contributed by atoms with Crippen molar-refractivity contribution in [1.29, 1.82) is 0 Å². The van der Waals surface area contributed by atoms with E-state index >= 15 is 0 Å². The molecular formula is C21H29N3O3. The number of nitrogens with zero attached hydrogens (tertiary/aromatic N) is 1. The largest absolute Gasteiger partial charge is 0.493 e. The van der Waals surface area contributed by atoms with E-state index in [-0.39, 0.29) is 5.91 Å². The number of nitrogen functional groups attached to an aromatic ring is 1. The second-order valence-electron chi connectivity index (χ2n) is 6.17. The second-order valence-corrected chi connectivity index (χ2v) is 6.17. The molecule has 0 spiro atoms. The highest BCUT2D eigenvalue weighted by atomic mass is 16.5. The van der Waals surface area contributed by atoms with Gasteiger partial charge >= 0.3 is 0 Å². The van der Waals surface area contributed by atoms with E-state index in [1.165, 1.54) is 0 Å². The number of hydrogen-bond acceptors (Lipinski definition) is 5. The average molecular weight is 371 g/mol. The number of amides is 1. The summed E-state index contributed by atoms with van der Waals surface area (Å²) in [5.41, 5.74) is 7.76. The third-order valence-corrected chi connectivity index (χ3v) is 4.39. The molecule has 0 bridgehead atoms. The van der Waals surface area contributed by atoms with Crippen molar-refractivity contribution in [3.63, 3.8) is 0 Å². The van der Waals surface area contributed by atoms with Crippen LogP contribution in [0.15, 0.2) is 42.5 Å². The maximum absolute atomic E-state index is 12.2. The van der Waals surface area contributed by atoms with Crippen LogP contribution in [-0.2, 0) is 6.54 Å². The van der Waals surface area contributed by atoms with Gasteiger partial charge < -0.3 is 25.4 Å². The fraction of sp³-hybridized carbons (Fsp3) is 0.381. The van der Waals surface area contributed by atoms with E-state index in [2.05, 4.69) is 24.1 Å². The van der Waals surface area contributed by atoms with E-state index in [9.17, 15) is 4.79 Å². The molecule has 27 heavy (non-hydrogen) atoms. The van der Waals surface area contributed by atoms with Crippen molar-refractivity contribution in [2.75, 3.05) is 39.1 Å². The zero-order valence-electron chi connectivity index (χ0n) is 16.3. The molecule has 0 aliphatic carbocycles. The molecule has 0 aliphatic rings. The van der Waals surface area contributed by atoms with Crippen LogP contribution >= 0.6 is 0 Å². The van der Waals surface area contributed by atoms with Crippen molar-refractivity contribution >= 4 is 11.6 Å². The Labute approximate surface area is 161 Å². The molecule has 146 valence electrons. The van der Waals surface area contributed by atoms with E-state index < -0.39 is 0 Å². The lowest BCUT2D eigenvalue weighted by atomic mass is 10.1. The summed E-state index contributed by atoms with van der Waals surface area (Å²) in [6.07, 6.45) is 0. The number of rotatable bonds is 10. The van der Waals surface area contributed by atoms with Gasteiger partial charge in [0.2, 0.25) is 0 Å². The van der Waals surface area contributed by atoms with Gasteiger partial charge in [0.15, 0.2) is 11.5 Å². The van der Waals surface area contributed by atoms with Crippen molar-refractivity contribution in [3.05, 3.63) is 53.6 Å². The Morgan fingerprint density at radius 3 is 2.56 bits per heavy atom. The van der Waals surface area contributed by atoms with Crippen molar-refractivity contribution in [3.8, 4) is 11.5 Å². The van der Waals surface area contributed by atoms with Gasteiger partial charge in [-0.15, -0.1) is 0 Å². The molecule has 2 aromatic carbocycles. The molecule has 1 amide bonds. The zero-order valence-corrected chi connectivity index (χ0v) is 16.3. The first-order chi connectivity index (χ1) is 13.1. The summed E-state index contributed by atoms with van der Waals surface area (Å²) in [6, 6.07) is 12.6. The number of benzene rings is 2. The number of carbonyl (C=O) groups is 1. The van der Waals surface area contributed by atoms with Gasteiger partial charge in [0.25, 0.3) is 5.91 Å². The highest BCUT2D eigenvalue weighted by Gasteiger charge is 2.09. The molecule has 0 aliphatic heterocycles. The first-order valence-corrected chi connectivity index (χ1v) is 9.23. The Morgan fingerprint density at radius 1 is 1.11 bits per heavy atom. The minimum Gasteiger partial charge on any atom is -0.493 e. The highest BCUT2D eigenvalue weighted by molar-refractivity contribution is 5.94. The van der Waals surface area contributed by atoms with Gasteiger partial charge in [0.1, 0.15) is 6.61 Å². The molecule has 0 heterocycles. The van der Waals surface area contributed by atoms with Gasteiger partial charge in [-0.3, -0.25) is 4.79 Å². The molecule has 0 aromatic heterocycles. The molecule has 0 saturated carbocycles. The molecule has 6 heteroatoms. The number of methoxy groups -OCH3 is 1. The third-order valence-electron chi connectivity index (χ3n) is 4.39. The van der Waals surface area contributed by atoms with E-state index in [4.69, 9.17) is 15.2 Å². The average Bonchev–Trinajstić information content (AvgIpc) is 2.69. The third kappa shape index (κ3) is 6.18. The molecule has 2 aromatic rings. The van der Waals surface area contributed by atoms with E-state index in [0.717, 1.165) is 25.2 Å². The smallest absolute Gasteiger partial charge is 0.251 e. The predicted octanol–water partition coefficient (Wildman–Crippen LogP) is 2.93. The number of carbonyl (C=O) groups excluding carboxylic acids is 1. The SMILES string of the molecule is CCN(CC)CCOc1ccc(CNC(=O)c2cccc(N)c2)cc1OC. The number of anilines is 1. The molecule has 2 rings (SSSR count). The summed E-state index contributed by atoms with van der Waals surface area (Å²) in [5, 5.41) is 2.89. The summed E-state index contributed by atoms with van der Waals surface area (Å²) in [5.74, 6) is 1.20.